The number of hydrogen-bond acceptors (Lipinski definition) is 5. The molecule has 2 rings (SSSR count). The maximum absolute atomic E-state index is 10.5. The van der Waals surface area contributed by atoms with Crippen molar-refractivity contribution in [3.63, 3.8) is 0 Å². The van der Waals surface area contributed by atoms with E-state index in [1.807, 2.05) is 0 Å². The van der Waals surface area contributed by atoms with E-state index in [0.717, 1.165) is 0 Å². The van der Waals surface area contributed by atoms with Gasteiger partial charge in [0.15, 0.2) is 0 Å². The Bertz CT molecular complexity index is 144. The highest BCUT2D eigenvalue weighted by Crippen LogP contribution is 2.22. The van der Waals surface area contributed by atoms with Crippen molar-refractivity contribution in [1.29, 1.82) is 0 Å². The van der Waals surface area contributed by atoms with Gasteiger partial charge < -0.3 is 9.47 Å². The van der Waals surface area contributed by atoms with E-state index in [0.29, 0.717) is 13.2 Å². The Morgan fingerprint density at radius 3 is 2.10 bits per heavy atom. The van der Waals surface area contributed by atoms with Crippen molar-refractivity contribution >= 4 is 11.4 Å². The Kier molecular flexibility index (Phi) is 1.71. The minimum absolute atomic E-state index is 0.460. The van der Waals surface area contributed by atoms with Crippen LogP contribution >= 0.6 is 0 Å². The van der Waals surface area contributed by atoms with Crippen LogP contribution in [0.5, 0.6) is 0 Å². The van der Waals surface area contributed by atoms with Crippen LogP contribution in [-0.2, 0) is 29.2 Å². The van der Waals surface area contributed by atoms with E-state index in [4.69, 9.17) is 9.47 Å². The molecule has 2 aliphatic heterocycles. The molecule has 0 amide bonds. The van der Waals surface area contributed by atoms with Gasteiger partial charge in [0.05, 0.1) is 13.2 Å². The van der Waals surface area contributed by atoms with Gasteiger partial charge in [-0.25, -0.2) is 8.37 Å². The molecular weight excluding hydrogens is 160 g/mol. The summed E-state index contributed by atoms with van der Waals surface area (Å²) >= 11 is -1.69. The molecule has 0 aliphatic carbocycles. The summed E-state index contributed by atoms with van der Waals surface area (Å²) in [6.07, 6.45) is -1.20. The van der Waals surface area contributed by atoms with Gasteiger partial charge in [-0.3, -0.25) is 0 Å². The molecule has 2 unspecified atom stereocenters. The Morgan fingerprint density at radius 1 is 1.10 bits per heavy atom. The predicted octanol–water partition coefficient (Wildman–Crippen LogP) is -0.689. The van der Waals surface area contributed by atoms with Gasteiger partial charge in [0.2, 0.25) is 12.6 Å². The van der Waals surface area contributed by atoms with Gasteiger partial charge in [0, 0.05) is 0 Å². The zero-order valence-electron chi connectivity index (χ0n) is 5.02. The first-order chi connectivity index (χ1) is 4.86. The maximum Gasteiger partial charge on any atom is 0.310 e. The van der Waals surface area contributed by atoms with E-state index in [-0.39, 0.29) is 0 Å². The SMILES string of the molecule is O=S1OC2OCCOC2O1. The average molecular weight is 166 g/mol. The molecule has 10 heavy (non-hydrogen) atoms. The third kappa shape index (κ3) is 1.08. The molecule has 0 aromatic rings. The summed E-state index contributed by atoms with van der Waals surface area (Å²) in [6.45, 7) is 0.920. The molecule has 0 aromatic carbocycles. The lowest BCUT2D eigenvalue weighted by Crippen LogP contribution is -2.35. The first-order valence-corrected chi connectivity index (χ1v) is 3.85. The summed E-state index contributed by atoms with van der Waals surface area (Å²) in [5.41, 5.74) is 0. The number of rotatable bonds is 0. The van der Waals surface area contributed by atoms with E-state index in [9.17, 15) is 4.21 Å². The van der Waals surface area contributed by atoms with E-state index in [1.54, 1.807) is 0 Å². The molecule has 0 radical (unpaired) electrons. The maximum atomic E-state index is 10.5. The second kappa shape index (κ2) is 2.55. The lowest BCUT2D eigenvalue weighted by Gasteiger charge is -2.20. The van der Waals surface area contributed by atoms with E-state index in [1.165, 1.54) is 0 Å². The largest absolute Gasteiger partial charge is 0.345 e. The van der Waals surface area contributed by atoms with E-state index < -0.39 is 23.9 Å². The van der Waals surface area contributed by atoms with Gasteiger partial charge in [0.1, 0.15) is 0 Å². The lowest BCUT2D eigenvalue weighted by molar-refractivity contribution is -0.239. The number of fused-ring (bicyclic) bond motifs is 1. The van der Waals surface area contributed by atoms with Crippen LogP contribution in [0.1, 0.15) is 0 Å². The Balaban J connectivity index is 2.04. The zero-order chi connectivity index (χ0) is 6.97. The summed E-state index contributed by atoms with van der Waals surface area (Å²) in [4.78, 5) is 0. The van der Waals surface area contributed by atoms with Gasteiger partial charge in [0.25, 0.3) is 0 Å². The summed E-state index contributed by atoms with van der Waals surface area (Å²) in [6, 6.07) is 0. The molecule has 58 valence electrons. The molecule has 6 heteroatoms. The van der Waals surface area contributed by atoms with Crippen molar-refractivity contribution in [2.45, 2.75) is 12.6 Å². The molecular formula is C4H6O5S. The Morgan fingerprint density at radius 2 is 1.60 bits per heavy atom. The van der Waals surface area contributed by atoms with Crippen molar-refractivity contribution in [1.82, 2.24) is 0 Å². The van der Waals surface area contributed by atoms with Crippen LogP contribution in [0.4, 0.5) is 0 Å². The van der Waals surface area contributed by atoms with Gasteiger partial charge in [-0.1, -0.05) is 0 Å². The molecule has 2 saturated heterocycles. The summed E-state index contributed by atoms with van der Waals surface area (Å²) in [5, 5.41) is 0. The average Bonchev–Trinajstić information content (AvgIpc) is 2.27. The van der Waals surface area contributed by atoms with Crippen molar-refractivity contribution in [2.75, 3.05) is 13.2 Å². The Labute approximate surface area is 60.1 Å². The fourth-order valence-corrected chi connectivity index (χ4v) is 1.46. The molecule has 2 atom stereocenters. The van der Waals surface area contributed by atoms with Gasteiger partial charge in [-0.15, -0.1) is 0 Å². The lowest BCUT2D eigenvalue weighted by atomic mass is 10.5. The first kappa shape index (κ1) is 6.68. The smallest absolute Gasteiger partial charge is 0.310 e. The fraction of sp³-hybridized carbons (Fsp3) is 1.00. The quantitative estimate of drug-likeness (QED) is 0.476. The molecule has 5 nitrogen and oxygen atoms in total. The van der Waals surface area contributed by atoms with Crippen LogP contribution in [0.2, 0.25) is 0 Å². The number of hydrogen-bond donors (Lipinski definition) is 0. The molecule has 0 saturated carbocycles. The minimum atomic E-state index is -1.69. The van der Waals surface area contributed by atoms with Crippen LogP contribution in [0.3, 0.4) is 0 Å². The molecule has 2 aliphatic rings. The van der Waals surface area contributed by atoms with Crippen LogP contribution in [0.15, 0.2) is 0 Å². The molecule has 0 aromatic heterocycles. The first-order valence-electron chi connectivity index (χ1n) is 2.85. The topological polar surface area (TPSA) is 54.0 Å². The third-order valence-corrected chi connectivity index (χ3v) is 1.91. The molecule has 2 fully saturated rings. The fourth-order valence-electron chi connectivity index (χ4n) is 0.809. The van der Waals surface area contributed by atoms with Crippen LogP contribution < -0.4 is 0 Å². The predicted molar refractivity (Wildman–Crippen MR) is 29.8 cm³/mol. The second-order valence-corrected chi connectivity index (χ2v) is 2.67. The third-order valence-electron chi connectivity index (χ3n) is 1.22. The molecule has 0 N–H and O–H groups in total. The normalized spacial score (nSPS) is 47.0. The standard InChI is InChI=1S/C4H6O5S/c5-10-8-3-4(9-10)7-2-1-6-3/h3-4H,1-2H2. The summed E-state index contributed by atoms with van der Waals surface area (Å²) in [5.74, 6) is 0. The van der Waals surface area contributed by atoms with Crippen molar-refractivity contribution in [2.24, 2.45) is 0 Å². The monoisotopic (exact) mass is 166 g/mol. The molecule has 0 bridgehead atoms. The molecule has 2 heterocycles. The second-order valence-electron chi connectivity index (χ2n) is 1.87. The van der Waals surface area contributed by atoms with Crippen LogP contribution in [-0.4, -0.2) is 30.0 Å². The zero-order valence-corrected chi connectivity index (χ0v) is 5.83. The van der Waals surface area contributed by atoms with Crippen molar-refractivity contribution in [3.05, 3.63) is 0 Å². The van der Waals surface area contributed by atoms with Crippen LogP contribution in [0.25, 0.3) is 0 Å². The van der Waals surface area contributed by atoms with Gasteiger partial charge in [-0.05, 0) is 0 Å². The highest BCUT2D eigenvalue weighted by molar-refractivity contribution is 7.75. The highest BCUT2D eigenvalue weighted by Gasteiger charge is 2.39. The van der Waals surface area contributed by atoms with Gasteiger partial charge in [-0.2, -0.15) is 4.21 Å². The van der Waals surface area contributed by atoms with Crippen molar-refractivity contribution in [3.8, 4) is 0 Å². The van der Waals surface area contributed by atoms with Gasteiger partial charge >= 0.3 is 11.4 Å². The van der Waals surface area contributed by atoms with E-state index in [2.05, 4.69) is 8.37 Å². The van der Waals surface area contributed by atoms with E-state index >= 15 is 0 Å². The Hall–Kier alpha value is -0.0100. The van der Waals surface area contributed by atoms with Crippen molar-refractivity contribution < 1.29 is 22.0 Å². The summed E-state index contributed by atoms with van der Waals surface area (Å²) < 4.78 is 29.9. The number of ether oxygens (including phenoxy) is 2. The highest BCUT2D eigenvalue weighted by atomic mass is 32.2. The van der Waals surface area contributed by atoms with Crippen LogP contribution in [0, 0.1) is 0 Å². The summed E-state index contributed by atoms with van der Waals surface area (Å²) in [7, 11) is 0. The molecule has 0 spiro atoms. The minimum Gasteiger partial charge on any atom is -0.345 e.